The van der Waals surface area contributed by atoms with Gasteiger partial charge in [-0.05, 0) is 36.2 Å². The van der Waals surface area contributed by atoms with E-state index in [4.69, 9.17) is 0 Å². The fraction of sp³-hybridized carbons (Fsp3) is 0.192. The molecule has 1 atom stereocenters. The first-order chi connectivity index (χ1) is 15.1. The summed E-state index contributed by atoms with van der Waals surface area (Å²) in [5.41, 5.74) is 2.18. The molecule has 1 saturated heterocycles. The molecule has 1 heterocycles. The quantitative estimate of drug-likeness (QED) is 0.526. The Morgan fingerprint density at radius 1 is 0.742 bits per heavy atom. The van der Waals surface area contributed by atoms with Crippen LogP contribution in [0.4, 0.5) is 11.4 Å². The zero-order valence-electron chi connectivity index (χ0n) is 17.3. The molecular formula is C26H24N2O3. The Morgan fingerprint density at radius 3 is 1.61 bits per heavy atom. The molecule has 5 nitrogen and oxygen atoms in total. The van der Waals surface area contributed by atoms with E-state index in [0.717, 1.165) is 5.56 Å². The fourth-order valence-corrected chi connectivity index (χ4v) is 3.90. The van der Waals surface area contributed by atoms with Gasteiger partial charge in [-0.25, -0.2) is 10.0 Å². The second-order valence-corrected chi connectivity index (χ2v) is 7.66. The van der Waals surface area contributed by atoms with Crippen LogP contribution in [0.5, 0.6) is 0 Å². The summed E-state index contributed by atoms with van der Waals surface area (Å²) >= 11 is 0. The van der Waals surface area contributed by atoms with Crippen LogP contribution in [0.15, 0.2) is 91.0 Å². The molecule has 0 saturated carbocycles. The van der Waals surface area contributed by atoms with Gasteiger partial charge in [-0.3, -0.25) is 14.4 Å². The maximum Gasteiger partial charge on any atom is 0.258 e. The van der Waals surface area contributed by atoms with Gasteiger partial charge in [0.25, 0.3) is 11.8 Å². The van der Waals surface area contributed by atoms with E-state index in [1.54, 1.807) is 24.3 Å². The smallest absolute Gasteiger partial charge is 0.258 e. The number of hydrogen-bond acceptors (Lipinski definition) is 3. The number of hydrazine groups is 1. The standard InChI is InChI=1S/C26H24N2O3/c1-19(20-11-5-2-6-12-20)24(29)18-17-23-25(30)27(21-13-7-3-8-14-21)28(26(23)31)22-15-9-4-10-16-22/h2-16,19,23H,17-18H2,1H3. The van der Waals surface area contributed by atoms with E-state index in [0.29, 0.717) is 11.4 Å². The molecule has 31 heavy (non-hydrogen) atoms. The SMILES string of the molecule is CC(C(=O)CCC1C(=O)N(c2ccccc2)N(c2ccccc2)C1=O)c1ccccc1. The fourth-order valence-electron chi connectivity index (χ4n) is 3.90. The van der Waals surface area contributed by atoms with Gasteiger partial charge in [0, 0.05) is 12.3 Å². The second kappa shape index (κ2) is 8.96. The topological polar surface area (TPSA) is 57.7 Å². The lowest BCUT2D eigenvalue weighted by Crippen LogP contribution is -2.41. The van der Waals surface area contributed by atoms with E-state index in [1.165, 1.54) is 10.0 Å². The van der Waals surface area contributed by atoms with E-state index in [1.807, 2.05) is 73.7 Å². The zero-order chi connectivity index (χ0) is 21.8. The van der Waals surface area contributed by atoms with Gasteiger partial charge < -0.3 is 0 Å². The number of rotatable bonds is 7. The molecule has 3 aromatic carbocycles. The maximum atomic E-state index is 13.3. The van der Waals surface area contributed by atoms with Crippen LogP contribution in [0.3, 0.4) is 0 Å². The van der Waals surface area contributed by atoms with Gasteiger partial charge in [-0.15, -0.1) is 0 Å². The van der Waals surface area contributed by atoms with Crippen LogP contribution < -0.4 is 10.0 Å². The Kier molecular flexibility index (Phi) is 5.94. The third-order valence-electron chi connectivity index (χ3n) is 5.68. The van der Waals surface area contributed by atoms with Gasteiger partial charge in [0.05, 0.1) is 11.4 Å². The number of ketones is 1. The maximum absolute atomic E-state index is 13.3. The first-order valence-electron chi connectivity index (χ1n) is 10.4. The molecule has 2 amide bonds. The summed E-state index contributed by atoms with van der Waals surface area (Å²) in [6, 6.07) is 27.8. The molecule has 0 aliphatic carbocycles. The first-order valence-corrected chi connectivity index (χ1v) is 10.4. The monoisotopic (exact) mass is 412 g/mol. The molecule has 0 radical (unpaired) electrons. The highest BCUT2D eigenvalue weighted by atomic mass is 16.2. The van der Waals surface area contributed by atoms with Crippen molar-refractivity contribution in [2.45, 2.75) is 25.7 Å². The third kappa shape index (κ3) is 4.12. The summed E-state index contributed by atoms with van der Waals surface area (Å²) < 4.78 is 0. The number of hydrogen-bond donors (Lipinski definition) is 0. The van der Waals surface area contributed by atoms with E-state index < -0.39 is 5.92 Å². The van der Waals surface area contributed by atoms with Crippen LogP contribution in [-0.2, 0) is 14.4 Å². The molecule has 156 valence electrons. The van der Waals surface area contributed by atoms with Gasteiger partial charge >= 0.3 is 0 Å². The van der Waals surface area contributed by atoms with Crippen LogP contribution in [0.1, 0.15) is 31.2 Å². The van der Waals surface area contributed by atoms with Crippen LogP contribution in [0.25, 0.3) is 0 Å². The molecule has 0 bridgehead atoms. The molecule has 0 aromatic heterocycles. The lowest BCUT2D eigenvalue weighted by molar-refractivity contribution is -0.127. The van der Waals surface area contributed by atoms with E-state index in [-0.39, 0.29) is 36.4 Å². The van der Waals surface area contributed by atoms with Crippen molar-refractivity contribution in [3.63, 3.8) is 0 Å². The summed E-state index contributed by atoms with van der Waals surface area (Å²) in [5, 5.41) is 2.85. The van der Waals surface area contributed by atoms with Crippen molar-refractivity contribution in [2.24, 2.45) is 5.92 Å². The molecule has 1 fully saturated rings. The van der Waals surface area contributed by atoms with Crippen molar-refractivity contribution in [3.8, 4) is 0 Å². The number of carbonyl (C=O) groups excluding carboxylic acids is 3. The Morgan fingerprint density at radius 2 is 1.16 bits per heavy atom. The lowest BCUT2D eigenvalue weighted by Gasteiger charge is -2.27. The molecule has 4 rings (SSSR count). The summed E-state index contributed by atoms with van der Waals surface area (Å²) in [7, 11) is 0. The molecular weight excluding hydrogens is 388 g/mol. The Balaban J connectivity index is 1.56. The Bertz CT molecular complexity index is 1010. The average molecular weight is 412 g/mol. The van der Waals surface area contributed by atoms with Crippen LogP contribution >= 0.6 is 0 Å². The minimum absolute atomic E-state index is 0.0243. The lowest BCUT2D eigenvalue weighted by atomic mass is 9.91. The summed E-state index contributed by atoms with van der Waals surface area (Å²) in [5.74, 6) is -1.74. The highest BCUT2D eigenvalue weighted by Gasteiger charge is 2.46. The molecule has 1 unspecified atom stereocenters. The van der Waals surface area contributed by atoms with Crippen molar-refractivity contribution in [1.82, 2.24) is 0 Å². The first kappa shape index (κ1) is 20.5. The number of nitrogens with zero attached hydrogens (tertiary/aromatic N) is 2. The molecule has 0 spiro atoms. The highest BCUT2D eigenvalue weighted by Crippen LogP contribution is 2.34. The van der Waals surface area contributed by atoms with Gasteiger partial charge in [-0.2, -0.15) is 0 Å². The van der Waals surface area contributed by atoms with E-state index in [9.17, 15) is 14.4 Å². The predicted molar refractivity (Wildman–Crippen MR) is 120 cm³/mol. The normalized spacial score (nSPS) is 15.4. The summed E-state index contributed by atoms with van der Waals surface area (Å²) in [4.78, 5) is 39.4. The number of amides is 2. The molecule has 3 aromatic rings. The number of para-hydroxylation sites is 2. The van der Waals surface area contributed by atoms with Crippen LogP contribution in [-0.4, -0.2) is 17.6 Å². The van der Waals surface area contributed by atoms with Crippen LogP contribution in [0, 0.1) is 5.92 Å². The second-order valence-electron chi connectivity index (χ2n) is 7.66. The third-order valence-corrected chi connectivity index (χ3v) is 5.68. The van der Waals surface area contributed by atoms with E-state index in [2.05, 4.69) is 0 Å². The predicted octanol–water partition coefficient (Wildman–Crippen LogP) is 4.75. The summed E-state index contributed by atoms with van der Waals surface area (Å²) in [6.45, 7) is 1.86. The average Bonchev–Trinajstić information content (AvgIpc) is 3.08. The van der Waals surface area contributed by atoms with Crippen molar-refractivity contribution in [2.75, 3.05) is 10.0 Å². The number of anilines is 2. The zero-order valence-corrected chi connectivity index (χ0v) is 17.3. The number of Topliss-reactive ketones (excluding diaryl/α,β-unsaturated/α-hetero) is 1. The molecule has 5 heteroatoms. The highest BCUT2D eigenvalue weighted by molar-refractivity contribution is 6.23. The van der Waals surface area contributed by atoms with Gasteiger partial charge in [-0.1, -0.05) is 73.7 Å². The molecule has 1 aliphatic heterocycles. The summed E-state index contributed by atoms with van der Waals surface area (Å²) in [6.07, 6.45) is 0.365. The number of benzene rings is 3. The van der Waals surface area contributed by atoms with Crippen LogP contribution in [0.2, 0.25) is 0 Å². The molecule has 0 N–H and O–H groups in total. The minimum Gasteiger partial charge on any atom is -0.299 e. The Labute approximate surface area is 181 Å². The van der Waals surface area contributed by atoms with Crippen molar-refractivity contribution in [3.05, 3.63) is 96.6 Å². The van der Waals surface area contributed by atoms with Gasteiger partial charge in [0.15, 0.2) is 0 Å². The largest absolute Gasteiger partial charge is 0.299 e. The van der Waals surface area contributed by atoms with Crippen molar-refractivity contribution >= 4 is 29.0 Å². The van der Waals surface area contributed by atoms with Crippen molar-refractivity contribution in [1.29, 1.82) is 0 Å². The minimum atomic E-state index is -0.882. The molecule has 1 aliphatic rings. The van der Waals surface area contributed by atoms with E-state index >= 15 is 0 Å². The Hall–Kier alpha value is -3.73. The van der Waals surface area contributed by atoms with Gasteiger partial charge in [0.2, 0.25) is 0 Å². The van der Waals surface area contributed by atoms with Crippen molar-refractivity contribution < 1.29 is 14.4 Å². The number of carbonyl (C=O) groups is 3. The van der Waals surface area contributed by atoms with Gasteiger partial charge in [0.1, 0.15) is 11.7 Å².